The Morgan fingerprint density at radius 3 is 2.84 bits per heavy atom. The highest BCUT2D eigenvalue weighted by Crippen LogP contribution is 2.23. The topological polar surface area (TPSA) is 91.8 Å². The van der Waals surface area contributed by atoms with Crippen LogP contribution in [0.5, 0.6) is 0 Å². The lowest BCUT2D eigenvalue weighted by Gasteiger charge is -2.08. The largest absolute Gasteiger partial charge is 0.397 e. The molecule has 1 aromatic heterocycles. The van der Waals surface area contributed by atoms with Gasteiger partial charge in [-0.1, -0.05) is 11.6 Å². The Bertz CT molecular complexity index is 679. The summed E-state index contributed by atoms with van der Waals surface area (Å²) in [4.78, 5) is 15.8. The molecule has 0 saturated heterocycles. The van der Waals surface area contributed by atoms with Crippen LogP contribution in [0, 0.1) is 11.3 Å². The maximum Gasteiger partial charge on any atom is 0.257 e. The molecule has 0 bridgehead atoms. The van der Waals surface area contributed by atoms with Crippen molar-refractivity contribution in [1.82, 2.24) is 4.98 Å². The van der Waals surface area contributed by atoms with E-state index in [1.807, 2.05) is 6.07 Å². The number of nitriles is 1. The molecule has 0 fully saturated rings. The number of nitrogens with two attached hydrogens (primary N) is 1. The van der Waals surface area contributed by atoms with E-state index >= 15 is 0 Å². The maximum atomic E-state index is 12.0. The Balaban J connectivity index is 2.25. The first-order valence-electron chi connectivity index (χ1n) is 5.32. The molecule has 0 saturated carbocycles. The van der Waals surface area contributed by atoms with Crippen LogP contribution in [0.4, 0.5) is 11.4 Å². The number of hydrogen-bond acceptors (Lipinski definition) is 4. The lowest BCUT2D eigenvalue weighted by molar-refractivity contribution is 0.102. The van der Waals surface area contributed by atoms with E-state index in [0.717, 1.165) is 0 Å². The normalized spacial score (nSPS) is 9.68. The first kappa shape index (κ1) is 12.9. The number of carbonyl (C=O) groups excluding carboxylic acids is 1. The van der Waals surface area contributed by atoms with Crippen molar-refractivity contribution in [3.8, 4) is 6.07 Å². The van der Waals surface area contributed by atoms with Crippen molar-refractivity contribution in [2.45, 2.75) is 0 Å². The summed E-state index contributed by atoms with van der Waals surface area (Å²) in [6.07, 6.45) is 2.88. The number of amides is 1. The van der Waals surface area contributed by atoms with Gasteiger partial charge in [0.1, 0.15) is 0 Å². The van der Waals surface area contributed by atoms with Gasteiger partial charge in [0, 0.05) is 6.20 Å². The van der Waals surface area contributed by atoms with Crippen LogP contribution in [-0.4, -0.2) is 10.9 Å². The number of pyridine rings is 1. The monoisotopic (exact) mass is 272 g/mol. The van der Waals surface area contributed by atoms with Crippen LogP contribution in [-0.2, 0) is 0 Å². The van der Waals surface area contributed by atoms with Gasteiger partial charge in [0.25, 0.3) is 5.91 Å². The molecule has 19 heavy (non-hydrogen) atoms. The van der Waals surface area contributed by atoms with Gasteiger partial charge in [-0.05, 0) is 24.3 Å². The molecule has 0 aliphatic heterocycles. The number of nitrogens with one attached hydrogen (secondary N) is 1. The van der Waals surface area contributed by atoms with Crippen molar-refractivity contribution in [2.24, 2.45) is 0 Å². The van der Waals surface area contributed by atoms with Crippen molar-refractivity contribution in [3.63, 3.8) is 0 Å². The van der Waals surface area contributed by atoms with Gasteiger partial charge in [-0.15, -0.1) is 0 Å². The number of carbonyl (C=O) groups is 1. The molecule has 0 atom stereocenters. The van der Waals surface area contributed by atoms with Gasteiger partial charge in [0.15, 0.2) is 0 Å². The number of nitrogen functional groups attached to an aromatic ring is 1. The number of aromatic nitrogens is 1. The first-order chi connectivity index (χ1) is 9.11. The van der Waals surface area contributed by atoms with Crippen molar-refractivity contribution in [1.29, 1.82) is 5.26 Å². The second-order valence-corrected chi connectivity index (χ2v) is 4.13. The smallest absolute Gasteiger partial charge is 0.257 e. The van der Waals surface area contributed by atoms with E-state index in [1.54, 1.807) is 12.1 Å². The third-order valence-electron chi connectivity index (χ3n) is 2.44. The Kier molecular flexibility index (Phi) is 3.64. The summed E-state index contributed by atoms with van der Waals surface area (Å²) in [6, 6.07) is 8.09. The van der Waals surface area contributed by atoms with Crippen LogP contribution >= 0.6 is 11.6 Å². The Labute approximate surface area is 114 Å². The standard InChI is InChI=1S/C13H9ClN4O/c14-10-5-8(6-15)1-2-12(10)18-13(19)9-3-4-17-7-11(9)16/h1-5,7H,16H2,(H,18,19). The van der Waals surface area contributed by atoms with Gasteiger partial charge in [-0.2, -0.15) is 5.26 Å². The second kappa shape index (κ2) is 5.38. The molecule has 94 valence electrons. The Hall–Kier alpha value is -2.58. The predicted molar refractivity (Wildman–Crippen MR) is 72.8 cm³/mol. The highest BCUT2D eigenvalue weighted by molar-refractivity contribution is 6.34. The van der Waals surface area contributed by atoms with E-state index in [1.165, 1.54) is 24.5 Å². The molecule has 0 radical (unpaired) electrons. The Morgan fingerprint density at radius 1 is 1.42 bits per heavy atom. The molecule has 1 aromatic carbocycles. The van der Waals surface area contributed by atoms with Gasteiger partial charge in [-0.3, -0.25) is 9.78 Å². The zero-order valence-corrected chi connectivity index (χ0v) is 10.5. The van der Waals surface area contributed by atoms with Gasteiger partial charge >= 0.3 is 0 Å². The zero-order chi connectivity index (χ0) is 13.8. The number of anilines is 2. The first-order valence-corrected chi connectivity index (χ1v) is 5.70. The fraction of sp³-hybridized carbons (Fsp3) is 0. The van der Waals surface area contributed by atoms with Crippen LogP contribution in [0.1, 0.15) is 15.9 Å². The summed E-state index contributed by atoms with van der Waals surface area (Å²) in [5.41, 5.74) is 7.10. The van der Waals surface area contributed by atoms with Gasteiger partial charge in [0.05, 0.1) is 39.8 Å². The highest BCUT2D eigenvalue weighted by Gasteiger charge is 2.11. The number of halogens is 1. The lowest BCUT2D eigenvalue weighted by Crippen LogP contribution is -2.14. The summed E-state index contributed by atoms with van der Waals surface area (Å²) >= 11 is 5.97. The maximum absolute atomic E-state index is 12.0. The van der Waals surface area contributed by atoms with Crippen LogP contribution in [0.25, 0.3) is 0 Å². The predicted octanol–water partition coefficient (Wildman–Crippen LogP) is 2.44. The van der Waals surface area contributed by atoms with E-state index < -0.39 is 0 Å². The minimum absolute atomic E-state index is 0.282. The summed E-state index contributed by atoms with van der Waals surface area (Å²) in [5.74, 6) is -0.383. The van der Waals surface area contributed by atoms with Crippen LogP contribution in [0.2, 0.25) is 5.02 Å². The third kappa shape index (κ3) is 2.81. The molecule has 0 unspecified atom stereocenters. The molecule has 3 N–H and O–H groups in total. The van der Waals surface area contributed by atoms with Gasteiger partial charge in [0.2, 0.25) is 0 Å². The minimum Gasteiger partial charge on any atom is -0.397 e. The fourth-order valence-electron chi connectivity index (χ4n) is 1.49. The van der Waals surface area contributed by atoms with E-state index in [0.29, 0.717) is 21.8 Å². The molecule has 1 heterocycles. The lowest BCUT2D eigenvalue weighted by atomic mass is 10.2. The number of nitrogens with zero attached hydrogens (tertiary/aromatic N) is 2. The highest BCUT2D eigenvalue weighted by atomic mass is 35.5. The summed E-state index contributed by atoms with van der Waals surface area (Å²) in [7, 11) is 0. The Morgan fingerprint density at radius 2 is 2.21 bits per heavy atom. The van der Waals surface area contributed by atoms with Crippen LogP contribution in [0.15, 0.2) is 36.7 Å². The van der Waals surface area contributed by atoms with Gasteiger partial charge < -0.3 is 11.1 Å². The number of rotatable bonds is 2. The molecular weight excluding hydrogens is 264 g/mol. The SMILES string of the molecule is N#Cc1ccc(NC(=O)c2ccncc2N)c(Cl)c1. The number of hydrogen-bond donors (Lipinski definition) is 2. The average Bonchev–Trinajstić information content (AvgIpc) is 2.41. The van der Waals surface area contributed by atoms with Crippen molar-refractivity contribution < 1.29 is 4.79 Å². The van der Waals surface area contributed by atoms with E-state index in [9.17, 15) is 4.79 Å². The van der Waals surface area contributed by atoms with Crippen molar-refractivity contribution in [3.05, 3.63) is 52.8 Å². The quantitative estimate of drug-likeness (QED) is 0.878. The molecule has 0 aliphatic carbocycles. The zero-order valence-electron chi connectivity index (χ0n) is 9.72. The van der Waals surface area contributed by atoms with Crippen LogP contribution < -0.4 is 11.1 Å². The summed E-state index contributed by atoms with van der Waals surface area (Å²) in [6.45, 7) is 0. The number of benzene rings is 1. The summed E-state index contributed by atoms with van der Waals surface area (Å²) < 4.78 is 0. The van der Waals surface area contributed by atoms with Crippen LogP contribution in [0.3, 0.4) is 0 Å². The van der Waals surface area contributed by atoms with Crippen molar-refractivity contribution >= 4 is 28.9 Å². The molecule has 0 spiro atoms. The summed E-state index contributed by atoms with van der Waals surface area (Å²) in [5, 5.41) is 11.7. The van der Waals surface area contributed by atoms with E-state index in [4.69, 9.17) is 22.6 Å². The molecular formula is C13H9ClN4O. The van der Waals surface area contributed by atoms with E-state index in [2.05, 4.69) is 10.3 Å². The van der Waals surface area contributed by atoms with Crippen molar-refractivity contribution in [2.75, 3.05) is 11.1 Å². The van der Waals surface area contributed by atoms with E-state index in [-0.39, 0.29) is 11.6 Å². The average molecular weight is 273 g/mol. The third-order valence-corrected chi connectivity index (χ3v) is 2.76. The second-order valence-electron chi connectivity index (χ2n) is 3.72. The van der Waals surface area contributed by atoms with Gasteiger partial charge in [-0.25, -0.2) is 0 Å². The molecule has 6 heteroatoms. The fourth-order valence-corrected chi connectivity index (χ4v) is 1.72. The molecule has 1 amide bonds. The molecule has 0 aliphatic rings. The molecule has 2 rings (SSSR count). The molecule has 5 nitrogen and oxygen atoms in total. The minimum atomic E-state index is -0.383. The molecule has 2 aromatic rings.